The number of carbonyl (C=O) groups is 2. The van der Waals surface area contributed by atoms with Crippen molar-refractivity contribution < 1.29 is 33.6 Å². The number of aliphatic carboxylic acids is 1. The highest BCUT2D eigenvalue weighted by Crippen LogP contribution is 2.40. The molecule has 0 aromatic rings. The second kappa shape index (κ2) is 16.6. The van der Waals surface area contributed by atoms with E-state index in [1.807, 2.05) is 6.08 Å². The number of carboxylic acids is 1. The Morgan fingerprint density at radius 3 is 2.50 bits per heavy atom. The van der Waals surface area contributed by atoms with E-state index < -0.39 is 5.97 Å². The van der Waals surface area contributed by atoms with Crippen molar-refractivity contribution in [2.75, 3.05) is 13.2 Å². The van der Waals surface area contributed by atoms with E-state index in [-0.39, 0.29) is 42.4 Å². The van der Waals surface area contributed by atoms with Crippen LogP contribution in [-0.2, 0) is 28.5 Å². The lowest BCUT2D eigenvalue weighted by Crippen LogP contribution is -2.32. The molecule has 4 rings (SSSR count). The summed E-state index contributed by atoms with van der Waals surface area (Å²) in [6.45, 7) is 3.72. The molecule has 0 spiro atoms. The number of rotatable bonds is 14. The zero-order valence-corrected chi connectivity index (χ0v) is 24.3. The van der Waals surface area contributed by atoms with E-state index in [2.05, 4.69) is 25.2 Å². The Labute approximate surface area is 240 Å². The fourth-order valence-corrected chi connectivity index (χ4v) is 6.88. The Morgan fingerprint density at radius 2 is 1.80 bits per heavy atom. The van der Waals surface area contributed by atoms with Crippen LogP contribution in [0, 0.1) is 23.7 Å². The van der Waals surface area contributed by atoms with Gasteiger partial charge in [-0.1, -0.05) is 56.6 Å². The Hall–Kier alpha value is -1.80. The van der Waals surface area contributed by atoms with E-state index in [4.69, 9.17) is 24.1 Å². The molecule has 4 unspecified atom stereocenters. The summed E-state index contributed by atoms with van der Waals surface area (Å²) in [4.78, 5) is 24.1. The number of allylic oxidation sites excluding steroid dienone is 4. The van der Waals surface area contributed by atoms with Crippen LogP contribution in [0.2, 0.25) is 0 Å². The van der Waals surface area contributed by atoms with Crippen LogP contribution in [0.1, 0.15) is 96.8 Å². The van der Waals surface area contributed by atoms with E-state index >= 15 is 0 Å². The summed E-state index contributed by atoms with van der Waals surface area (Å²) in [5, 5.41) is 8.82. The molecule has 2 saturated carbocycles. The van der Waals surface area contributed by atoms with Gasteiger partial charge in [0, 0.05) is 37.5 Å². The minimum atomic E-state index is -0.945. The molecule has 8 atom stereocenters. The Kier molecular flexibility index (Phi) is 12.9. The summed E-state index contributed by atoms with van der Waals surface area (Å²) in [5.74, 6) is 0.257. The van der Waals surface area contributed by atoms with Gasteiger partial charge in [-0.3, -0.25) is 4.79 Å². The second-order valence-corrected chi connectivity index (χ2v) is 12.0. The van der Waals surface area contributed by atoms with Gasteiger partial charge in [-0.2, -0.15) is 0 Å². The van der Waals surface area contributed by atoms with Crippen molar-refractivity contribution in [3.05, 3.63) is 36.5 Å². The quantitative estimate of drug-likeness (QED) is 0.186. The van der Waals surface area contributed by atoms with Gasteiger partial charge in [0.2, 0.25) is 0 Å². The van der Waals surface area contributed by atoms with Gasteiger partial charge in [0.15, 0.2) is 12.6 Å². The van der Waals surface area contributed by atoms with Crippen LogP contribution in [0.5, 0.6) is 0 Å². The maximum absolute atomic E-state index is 13.4. The number of carboxylic acid groups (broad SMARTS) is 1. The molecule has 2 saturated heterocycles. The highest BCUT2D eigenvalue weighted by Gasteiger charge is 2.43. The highest BCUT2D eigenvalue weighted by molar-refractivity contribution is 5.86. The first-order chi connectivity index (χ1) is 19.5. The van der Waals surface area contributed by atoms with Crippen molar-refractivity contribution in [3.8, 4) is 0 Å². The van der Waals surface area contributed by atoms with Crippen LogP contribution in [0.15, 0.2) is 36.5 Å². The van der Waals surface area contributed by atoms with Crippen LogP contribution >= 0.6 is 0 Å². The van der Waals surface area contributed by atoms with Gasteiger partial charge < -0.3 is 24.1 Å². The Balaban J connectivity index is 1.46. The van der Waals surface area contributed by atoms with Crippen molar-refractivity contribution in [1.82, 2.24) is 0 Å². The smallest absolute Gasteiger partial charge is 0.327 e. The Morgan fingerprint density at radius 1 is 1.02 bits per heavy atom. The van der Waals surface area contributed by atoms with Crippen molar-refractivity contribution in [2.45, 2.75) is 122 Å². The average Bonchev–Trinajstić information content (AvgIpc) is 3.53. The molecule has 0 radical (unpaired) electrons. The zero-order chi connectivity index (χ0) is 28.2. The molecule has 7 nitrogen and oxygen atoms in total. The molecule has 4 fully saturated rings. The lowest BCUT2D eigenvalue weighted by atomic mass is 9.88. The van der Waals surface area contributed by atoms with Crippen LogP contribution in [-0.4, -0.2) is 54.9 Å². The largest absolute Gasteiger partial charge is 0.478 e. The number of hydrogen-bond donors (Lipinski definition) is 1. The lowest BCUT2D eigenvalue weighted by molar-refractivity contribution is -0.195. The van der Waals surface area contributed by atoms with Gasteiger partial charge >= 0.3 is 5.97 Å². The third-order valence-corrected chi connectivity index (χ3v) is 8.98. The fourth-order valence-electron chi connectivity index (χ4n) is 6.88. The van der Waals surface area contributed by atoms with Crippen LogP contribution < -0.4 is 0 Å². The SMILES string of the molecule is CCCC1CCC([C@@H](C=C[C@H]2C(=O)C[C@H](OC3CCCCO3)[C@@H]2CC=CCC=CC(=O)O)OC2CCCCO2)C1. The van der Waals surface area contributed by atoms with Gasteiger partial charge in [-0.05, 0) is 76.0 Å². The molecule has 2 aliphatic heterocycles. The lowest BCUT2D eigenvalue weighted by Gasteiger charge is -2.30. The first-order valence-corrected chi connectivity index (χ1v) is 15.8. The molecule has 1 N–H and O–H groups in total. The zero-order valence-electron chi connectivity index (χ0n) is 24.3. The van der Waals surface area contributed by atoms with E-state index in [1.54, 1.807) is 6.08 Å². The van der Waals surface area contributed by atoms with Crippen LogP contribution in [0.3, 0.4) is 0 Å². The Bertz CT molecular complexity index is 868. The van der Waals surface area contributed by atoms with Crippen LogP contribution in [0.4, 0.5) is 0 Å². The van der Waals surface area contributed by atoms with E-state index in [9.17, 15) is 9.59 Å². The molecular weight excluding hydrogens is 508 g/mol. The molecule has 7 heteroatoms. The van der Waals surface area contributed by atoms with Gasteiger partial charge in [0.25, 0.3) is 0 Å². The third kappa shape index (κ3) is 9.64. The van der Waals surface area contributed by atoms with Gasteiger partial charge in [0.1, 0.15) is 5.78 Å². The highest BCUT2D eigenvalue weighted by atomic mass is 16.7. The summed E-state index contributed by atoms with van der Waals surface area (Å²) in [7, 11) is 0. The number of ketones is 1. The third-order valence-electron chi connectivity index (χ3n) is 8.98. The predicted octanol–water partition coefficient (Wildman–Crippen LogP) is 6.77. The van der Waals surface area contributed by atoms with Crippen LogP contribution in [0.25, 0.3) is 0 Å². The minimum absolute atomic E-state index is 0.0111. The summed E-state index contributed by atoms with van der Waals surface area (Å²) in [6.07, 6.45) is 24.3. The molecular formula is C33H50O7. The molecule has 0 aromatic heterocycles. The fraction of sp³-hybridized carbons (Fsp3) is 0.758. The molecule has 40 heavy (non-hydrogen) atoms. The summed E-state index contributed by atoms with van der Waals surface area (Å²) >= 11 is 0. The molecule has 2 aliphatic carbocycles. The van der Waals surface area contributed by atoms with Crippen molar-refractivity contribution in [3.63, 3.8) is 0 Å². The van der Waals surface area contributed by atoms with Crippen molar-refractivity contribution in [2.24, 2.45) is 23.7 Å². The average molecular weight is 559 g/mol. The molecule has 224 valence electrons. The van der Waals surface area contributed by atoms with Gasteiger partial charge in [-0.15, -0.1) is 0 Å². The number of hydrogen-bond acceptors (Lipinski definition) is 6. The van der Waals surface area contributed by atoms with Gasteiger partial charge in [-0.25, -0.2) is 4.79 Å². The van der Waals surface area contributed by atoms with Crippen molar-refractivity contribution in [1.29, 1.82) is 0 Å². The first-order valence-electron chi connectivity index (χ1n) is 15.8. The normalized spacial score (nSPS) is 34.4. The van der Waals surface area contributed by atoms with E-state index in [0.717, 1.165) is 63.5 Å². The maximum atomic E-state index is 13.4. The molecule has 0 amide bonds. The molecule has 2 heterocycles. The number of carbonyl (C=O) groups excluding carboxylic acids is 1. The molecule has 0 aromatic carbocycles. The first kappa shape index (κ1) is 31.1. The summed E-state index contributed by atoms with van der Waals surface area (Å²) < 4.78 is 24.8. The van der Waals surface area contributed by atoms with E-state index in [0.29, 0.717) is 31.8 Å². The van der Waals surface area contributed by atoms with Gasteiger partial charge in [0.05, 0.1) is 12.2 Å². The number of Topliss-reactive ketones (excluding diaryl/α,β-unsaturated/α-hetero) is 1. The predicted molar refractivity (Wildman–Crippen MR) is 154 cm³/mol. The summed E-state index contributed by atoms with van der Waals surface area (Å²) in [5.41, 5.74) is 0. The molecule has 4 aliphatic rings. The minimum Gasteiger partial charge on any atom is -0.478 e. The topological polar surface area (TPSA) is 91.3 Å². The van der Waals surface area contributed by atoms with Crippen molar-refractivity contribution >= 4 is 11.8 Å². The van der Waals surface area contributed by atoms with E-state index in [1.165, 1.54) is 25.7 Å². The molecule has 0 bridgehead atoms. The number of ether oxygens (including phenoxy) is 4. The standard InChI is InChI=1S/C33H50O7/c1-2-11-24-16-17-25(22-24)29(39-32-14-7-9-20-37-32)19-18-26-27(12-5-3-4-6-13-31(35)36)30(23-28(26)34)40-33-15-8-10-21-38-33/h3,5-6,13,18-19,24-27,29-30,32-33H,2,4,7-12,14-17,20-23H2,1H3,(H,35,36)/t24?,25?,26-,27-,29-,30+,32?,33?/m1/s1. The summed E-state index contributed by atoms with van der Waals surface area (Å²) in [6, 6.07) is 0. The monoisotopic (exact) mass is 558 g/mol. The maximum Gasteiger partial charge on any atom is 0.327 e. The second-order valence-electron chi connectivity index (χ2n) is 12.0.